The number of hydrogen-bond donors (Lipinski definition) is 2. The number of nitrogens with two attached hydrogens (primary N) is 1. The predicted octanol–water partition coefficient (Wildman–Crippen LogP) is 2.79. The minimum Gasteiger partial charge on any atom is -0.271 e. The van der Waals surface area contributed by atoms with Crippen molar-refractivity contribution in [2.45, 2.75) is 26.3 Å². The number of nitrogens with one attached hydrogen (secondary N) is 1. The molecule has 1 aromatic heterocycles. The van der Waals surface area contributed by atoms with E-state index in [9.17, 15) is 0 Å². The summed E-state index contributed by atoms with van der Waals surface area (Å²) < 4.78 is 0. The molecule has 2 unspecified atom stereocenters. The third kappa shape index (κ3) is 2.46. The molecule has 0 radical (unpaired) electrons. The van der Waals surface area contributed by atoms with E-state index in [0.717, 1.165) is 17.3 Å². The second kappa shape index (κ2) is 5.25. The van der Waals surface area contributed by atoms with Crippen molar-refractivity contribution < 1.29 is 0 Å². The second-order valence-corrected chi connectivity index (χ2v) is 4.49. The molecule has 0 spiro atoms. The lowest BCUT2D eigenvalue weighted by Gasteiger charge is -2.22. The van der Waals surface area contributed by atoms with Gasteiger partial charge in [-0.2, -0.15) is 0 Å². The molecule has 2 atom stereocenters. The summed E-state index contributed by atoms with van der Waals surface area (Å²) in [5.41, 5.74) is 5.16. The van der Waals surface area contributed by atoms with E-state index in [1.807, 2.05) is 12.3 Å². The van der Waals surface area contributed by atoms with Crippen LogP contribution in [0.2, 0.25) is 0 Å². The molecule has 1 aromatic carbocycles. The normalized spacial score (nSPS) is 14.8. The Hall–Kier alpha value is -1.45. The largest absolute Gasteiger partial charge is 0.271 e. The molecule has 0 saturated carbocycles. The molecule has 2 aromatic rings. The number of hydrogen-bond acceptors (Lipinski definition) is 3. The smallest absolute Gasteiger partial charge is 0.0702 e. The molecule has 0 aliphatic carbocycles. The lowest BCUT2D eigenvalue weighted by molar-refractivity contribution is 0.383. The van der Waals surface area contributed by atoms with Gasteiger partial charge in [-0.15, -0.1) is 0 Å². The van der Waals surface area contributed by atoms with Gasteiger partial charge in [0.25, 0.3) is 0 Å². The van der Waals surface area contributed by atoms with Crippen LogP contribution in [-0.2, 0) is 0 Å². The van der Waals surface area contributed by atoms with Crippen LogP contribution < -0.4 is 11.3 Å². The van der Waals surface area contributed by atoms with Crippen LogP contribution in [0, 0.1) is 5.92 Å². The highest BCUT2D eigenvalue weighted by atomic mass is 15.2. The van der Waals surface area contributed by atoms with Crippen LogP contribution in [0.4, 0.5) is 0 Å². The number of fused-ring (bicyclic) bond motifs is 1. The van der Waals surface area contributed by atoms with Gasteiger partial charge >= 0.3 is 0 Å². The lowest BCUT2D eigenvalue weighted by atomic mass is 9.92. The average Bonchev–Trinajstić information content (AvgIpc) is 2.39. The molecule has 0 aliphatic heterocycles. The van der Waals surface area contributed by atoms with Gasteiger partial charge in [0.05, 0.1) is 5.52 Å². The minimum atomic E-state index is 0.199. The molecule has 1 heterocycles. The van der Waals surface area contributed by atoms with Crippen LogP contribution in [0.15, 0.2) is 36.5 Å². The molecule has 0 bridgehead atoms. The van der Waals surface area contributed by atoms with Crippen molar-refractivity contribution >= 4 is 10.9 Å². The number of pyridine rings is 1. The second-order valence-electron chi connectivity index (χ2n) is 4.49. The van der Waals surface area contributed by atoms with E-state index in [1.165, 1.54) is 5.56 Å². The Kier molecular flexibility index (Phi) is 3.71. The van der Waals surface area contributed by atoms with Gasteiger partial charge in [-0.05, 0) is 29.7 Å². The molecule has 3 N–H and O–H groups in total. The Bertz CT molecular complexity index is 496. The lowest BCUT2D eigenvalue weighted by Crippen LogP contribution is -2.32. The van der Waals surface area contributed by atoms with E-state index in [1.54, 1.807) is 0 Å². The zero-order valence-electron chi connectivity index (χ0n) is 10.4. The molecule has 3 nitrogen and oxygen atoms in total. The monoisotopic (exact) mass is 229 g/mol. The van der Waals surface area contributed by atoms with Gasteiger partial charge in [0.1, 0.15) is 0 Å². The summed E-state index contributed by atoms with van der Waals surface area (Å²) in [7, 11) is 0. The fourth-order valence-corrected chi connectivity index (χ4v) is 2.11. The van der Waals surface area contributed by atoms with Crippen molar-refractivity contribution in [1.82, 2.24) is 10.4 Å². The van der Waals surface area contributed by atoms with Crippen LogP contribution in [0.1, 0.15) is 31.9 Å². The molecule has 0 fully saturated rings. The molecular formula is C14H19N3. The topological polar surface area (TPSA) is 50.9 Å². The van der Waals surface area contributed by atoms with Gasteiger partial charge in [-0.25, -0.2) is 0 Å². The zero-order valence-corrected chi connectivity index (χ0v) is 10.4. The van der Waals surface area contributed by atoms with Crippen LogP contribution >= 0.6 is 0 Å². The number of benzene rings is 1. The summed E-state index contributed by atoms with van der Waals surface area (Å²) >= 11 is 0. The van der Waals surface area contributed by atoms with E-state index < -0.39 is 0 Å². The van der Waals surface area contributed by atoms with Crippen LogP contribution in [0.3, 0.4) is 0 Å². The van der Waals surface area contributed by atoms with Gasteiger partial charge < -0.3 is 0 Å². The third-order valence-corrected chi connectivity index (χ3v) is 3.38. The van der Waals surface area contributed by atoms with E-state index in [0.29, 0.717) is 5.92 Å². The van der Waals surface area contributed by atoms with Crippen LogP contribution in [-0.4, -0.2) is 4.98 Å². The first-order valence-electron chi connectivity index (χ1n) is 6.07. The Morgan fingerprint density at radius 2 is 2.18 bits per heavy atom. The molecular weight excluding hydrogens is 210 g/mol. The maximum atomic E-state index is 5.66. The highest BCUT2D eigenvalue weighted by Gasteiger charge is 2.16. The summed E-state index contributed by atoms with van der Waals surface area (Å²) in [6.07, 6.45) is 2.91. The maximum absolute atomic E-state index is 5.66. The zero-order chi connectivity index (χ0) is 12.3. The molecule has 90 valence electrons. The Morgan fingerprint density at radius 3 is 2.88 bits per heavy atom. The first-order valence-corrected chi connectivity index (χ1v) is 6.07. The Labute approximate surface area is 102 Å². The van der Waals surface area contributed by atoms with Crippen molar-refractivity contribution in [2.75, 3.05) is 0 Å². The standard InChI is InChI=1S/C14H19N3/c1-3-10(2)14(17-15)12-6-7-13-11(9-12)5-4-8-16-13/h4-10,14,17H,3,15H2,1-2H3. The Morgan fingerprint density at radius 1 is 1.35 bits per heavy atom. The van der Waals surface area contributed by atoms with E-state index in [4.69, 9.17) is 5.84 Å². The molecule has 0 amide bonds. The highest BCUT2D eigenvalue weighted by Crippen LogP contribution is 2.25. The summed E-state index contributed by atoms with van der Waals surface area (Å²) in [5, 5.41) is 1.16. The fraction of sp³-hybridized carbons (Fsp3) is 0.357. The molecule has 0 saturated heterocycles. The number of rotatable bonds is 4. The van der Waals surface area contributed by atoms with E-state index in [2.05, 4.69) is 48.5 Å². The first kappa shape index (κ1) is 12.0. The van der Waals surface area contributed by atoms with Gasteiger partial charge in [-0.3, -0.25) is 16.3 Å². The van der Waals surface area contributed by atoms with Crippen molar-refractivity contribution in [3.8, 4) is 0 Å². The number of aromatic nitrogens is 1. The van der Waals surface area contributed by atoms with E-state index in [-0.39, 0.29) is 6.04 Å². The quantitative estimate of drug-likeness (QED) is 0.626. The predicted molar refractivity (Wildman–Crippen MR) is 71.3 cm³/mol. The summed E-state index contributed by atoms with van der Waals surface area (Å²) in [6.45, 7) is 4.38. The van der Waals surface area contributed by atoms with Gasteiger partial charge in [-0.1, -0.05) is 32.4 Å². The SMILES string of the molecule is CCC(C)C(NN)c1ccc2ncccc2c1. The minimum absolute atomic E-state index is 0.199. The summed E-state index contributed by atoms with van der Waals surface area (Å²) in [5.74, 6) is 6.17. The van der Waals surface area contributed by atoms with E-state index >= 15 is 0 Å². The van der Waals surface area contributed by atoms with Gasteiger partial charge in [0.15, 0.2) is 0 Å². The van der Waals surface area contributed by atoms with Crippen molar-refractivity contribution in [3.63, 3.8) is 0 Å². The first-order chi connectivity index (χ1) is 8.26. The summed E-state index contributed by atoms with van der Waals surface area (Å²) in [4.78, 5) is 4.32. The molecule has 3 heteroatoms. The number of hydrazine groups is 1. The molecule has 2 rings (SSSR count). The van der Waals surface area contributed by atoms with Crippen molar-refractivity contribution in [1.29, 1.82) is 0 Å². The van der Waals surface area contributed by atoms with Crippen molar-refractivity contribution in [3.05, 3.63) is 42.1 Å². The average molecular weight is 229 g/mol. The molecule has 17 heavy (non-hydrogen) atoms. The van der Waals surface area contributed by atoms with Crippen LogP contribution in [0.25, 0.3) is 10.9 Å². The highest BCUT2D eigenvalue weighted by molar-refractivity contribution is 5.79. The van der Waals surface area contributed by atoms with Crippen LogP contribution in [0.5, 0.6) is 0 Å². The van der Waals surface area contributed by atoms with Gasteiger partial charge in [0.2, 0.25) is 0 Å². The van der Waals surface area contributed by atoms with Gasteiger partial charge in [0, 0.05) is 17.6 Å². The number of nitrogens with zero attached hydrogens (tertiary/aromatic N) is 1. The molecule has 0 aliphatic rings. The fourth-order valence-electron chi connectivity index (χ4n) is 2.11. The van der Waals surface area contributed by atoms with Crippen molar-refractivity contribution in [2.24, 2.45) is 11.8 Å². The summed E-state index contributed by atoms with van der Waals surface area (Å²) in [6, 6.07) is 10.6. The Balaban J connectivity index is 2.40. The maximum Gasteiger partial charge on any atom is 0.0702 e. The third-order valence-electron chi connectivity index (χ3n) is 3.38.